The summed E-state index contributed by atoms with van der Waals surface area (Å²) in [6.07, 6.45) is -2.78. The van der Waals surface area contributed by atoms with Crippen molar-refractivity contribution in [1.29, 1.82) is 0 Å². The van der Waals surface area contributed by atoms with Crippen LogP contribution < -0.4 is 15.4 Å². The summed E-state index contributed by atoms with van der Waals surface area (Å²) in [7, 11) is -1.72. The van der Waals surface area contributed by atoms with Gasteiger partial charge < -0.3 is 25.2 Å². The summed E-state index contributed by atoms with van der Waals surface area (Å²) in [5.41, 5.74) is 2.83. The Labute approximate surface area is 256 Å². The van der Waals surface area contributed by atoms with Gasteiger partial charge >= 0.3 is 6.18 Å². The third-order valence-corrected chi connectivity index (χ3v) is 9.97. The Balaban J connectivity index is 1.62. The van der Waals surface area contributed by atoms with E-state index in [9.17, 15) is 31.5 Å². The predicted molar refractivity (Wildman–Crippen MR) is 160 cm³/mol. The van der Waals surface area contributed by atoms with E-state index in [-0.39, 0.29) is 44.6 Å². The lowest BCUT2D eigenvalue weighted by Gasteiger charge is -2.31. The van der Waals surface area contributed by atoms with Crippen molar-refractivity contribution in [2.45, 2.75) is 68.6 Å². The second-order valence-corrected chi connectivity index (χ2v) is 13.3. The SMILES string of the molecule is COc1ccc2c(c1)[C@@H]1C[C@H]2OCC=CCC[C@H](N(C)S(=O)(=O)CCC(F)(F)F)C(=O)N[C@@H](Cc2ccccc2)[C@H](O)CN1. The topological polar surface area (TPSA) is 117 Å². The van der Waals surface area contributed by atoms with E-state index in [4.69, 9.17) is 9.47 Å². The van der Waals surface area contributed by atoms with Crippen molar-refractivity contribution in [2.24, 2.45) is 0 Å². The molecule has 0 radical (unpaired) electrons. The molecule has 9 nitrogen and oxygen atoms in total. The van der Waals surface area contributed by atoms with Crippen molar-refractivity contribution in [2.75, 3.05) is 33.1 Å². The maximum absolute atomic E-state index is 13.7. The summed E-state index contributed by atoms with van der Waals surface area (Å²) in [6.45, 7) is 0.358. The van der Waals surface area contributed by atoms with E-state index in [0.717, 1.165) is 28.0 Å². The highest BCUT2D eigenvalue weighted by atomic mass is 32.2. The van der Waals surface area contributed by atoms with Crippen molar-refractivity contribution in [3.63, 3.8) is 0 Å². The van der Waals surface area contributed by atoms with Crippen LogP contribution in [0.1, 0.15) is 54.5 Å². The molecule has 2 aliphatic rings. The van der Waals surface area contributed by atoms with Gasteiger partial charge in [0.1, 0.15) is 11.8 Å². The summed E-state index contributed by atoms with van der Waals surface area (Å²) in [5.74, 6) is -1.18. The predicted octanol–water partition coefficient (Wildman–Crippen LogP) is 3.81. The maximum atomic E-state index is 13.7. The van der Waals surface area contributed by atoms with Crippen LogP contribution in [0.3, 0.4) is 0 Å². The average molecular weight is 640 g/mol. The van der Waals surface area contributed by atoms with Crippen LogP contribution in [0.2, 0.25) is 0 Å². The highest BCUT2D eigenvalue weighted by molar-refractivity contribution is 7.89. The zero-order valence-electron chi connectivity index (χ0n) is 24.8. The molecule has 1 aliphatic heterocycles. The molecule has 1 amide bonds. The molecule has 0 saturated heterocycles. The van der Waals surface area contributed by atoms with Crippen molar-refractivity contribution < 1.29 is 41.0 Å². The van der Waals surface area contributed by atoms with E-state index in [2.05, 4.69) is 10.6 Å². The number of likely N-dealkylation sites (N-methyl/N-ethyl adjacent to an activating group) is 1. The number of aliphatic hydroxyl groups is 1. The number of hydrogen-bond acceptors (Lipinski definition) is 7. The van der Waals surface area contributed by atoms with E-state index in [1.807, 2.05) is 48.5 Å². The van der Waals surface area contributed by atoms with Crippen molar-refractivity contribution >= 4 is 15.9 Å². The number of sulfonamides is 1. The second kappa shape index (κ2) is 14.9. The number of benzene rings is 2. The first-order valence-electron chi connectivity index (χ1n) is 14.6. The number of ether oxygens (including phenoxy) is 2. The molecule has 4 rings (SSSR count). The number of allylic oxidation sites excluding steroid dienone is 1. The van der Waals surface area contributed by atoms with Gasteiger partial charge in [0.05, 0.1) is 44.1 Å². The number of nitrogens with zero attached hydrogens (tertiary/aromatic N) is 1. The van der Waals surface area contributed by atoms with Gasteiger partial charge in [-0.05, 0) is 54.5 Å². The standard InChI is InChI=1S/C31H40F3N3O6S/c1-37(44(40,41)16-14-31(32,33)34)27-11-7-4-8-15-43-29-19-25(24-18-22(42-2)12-13-23(24)29)35-20-28(38)26(36-30(27)39)17-21-9-5-3-6-10-21/h3-6,8-10,12-13,18,25-29,35,38H,7,11,14-17,19-20H2,1-2H3,(H,36,39)/t25-,26-,27-,28+,29+/m0/s1. The fourth-order valence-electron chi connectivity index (χ4n) is 5.60. The zero-order chi connectivity index (χ0) is 31.9. The molecule has 1 heterocycles. The third kappa shape index (κ3) is 9.04. The third-order valence-electron chi connectivity index (χ3n) is 8.12. The van der Waals surface area contributed by atoms with Gasteiger partial charge in [-0.25, -0.2) is 8.42 Å². The van der Waals surface area contributed by atoms with Crippen LogP contribution in [-0.2, 0) is 26.0 Å². The van der Waals surface area contributed by atoms with E-state index in [1.165, 1.54) is 0 Å². The number of alkyl halides is 3. The number of rotatable bonds is 7. The van der Waals surface area contributed by atoms with Crippen molar-refractivity contribution in [3.8, 4) is 5.75 Å². The van der Waals surface area contributed by atoms with Crippen LogP contribution in [0.25, 0.3) is 0 Å². The minimum absolute atomic E-state index is 0.0185. The van der Waals surface area contributed by atoms with Gasteiger partial charge in [-0.2, -0.15) is 17.5 Å². The van der Waals surface area contributed by atoms with Crippen molar-refractivity contribution in [1.82, 2.24) is 14.9 Å². The van der Waals surface area contributed by atoms with E-state index < -0.39 is 52.5 Å². The van der Waals surface area contributed by atoms with Gasteiger partial charge in [0.25, 0.3) is 0 Å². The van der Waals surface area contributed by atoms with Gasteiger partial charge in [0.2, 0.25) is 15.9 Å². The molecule has 1 aliphatic carbocycles. The number of carbonyl (C=O) groups is 1. The molecule has 0 unspecified atom stereocenters. The summed E-state index contributed by atoms with van der Waals surface area (Å²) < 4.78 is 76.7. The van der Waals surface area contributed by atoms with Crippen molar-refractivity contribution in [3.05, 3.63) is 77.4 Å². The number of methoxy groups -OCH3 is 1. The summed E-state index contributed by atoms with van der Waals surface area (Å²) >= 11 is 0. The molecule has 0 aromatic heterocycles. The second-order valence-electron chi connectivity index (χ2n) is 11.1. The first-order valence-corrected chi connectivity index (χ1v) is 16.2. The smallest absolute Gasteiger partial charge is 0.390 e. The van der Waals surface area contributed by atoms with Crippen LogP contribution in [-0.4, -0.2) is 81.2 Å². The lowest BCUT2D eigenvalue weighted by Crippen LogP contribution is -2.55. The van der Waals surface area contributed by atoms with Gasteiger partial charge in [-0.1, -0.05) is 48.6 Å². The monoisotopic (exact) mass is 639 g/mol. The Kier molecular flexibility index (Phi) is 11.5. The number of aliphatic hydroxyl groups excluding tert-OH is 1. The number of halogens is 3. The Morgan fingerprint density at radius 2 is 1.86 bits per heavy atom. The first-order chi connectivity index (χ1) is 20.9. The lowest BCUT2D eigenvalue weighted by molar-refractivity contribution is -0.130. The number of hydrogen-bond donors (Lipinski definition) is 3. The molecule has 0 fully saturated rings. The Morgan fingerprint density at radius 3 is 2.57 bits per heavy atom. The Morgan fingerprint density at radius 1 is 1.11 bits per heavy atom. The highest BCUT2D eigenvalue weighted by Crippen LogP contribution is 2.42. The first kappa shape index (κ1) is 33.9. The van der Waals surface area contributed by atoms with Gasteiger partial charge in [0.15, 0.2) is 0 Å². The lowest BCUT2D eigenvalue weighted by atomic mass is 9.99. The van der Waals surface area contributed by atoms with E-state index in [0.29, 0.717) is 12.2 Å². The number of amides is 1. The van der Waals surface area contributed by atoms with Crippen LogP contribution in [0.15, 0.2) is 60.7 Å². The Hall–Kier alpha value is -2.97. The molecule has 44 heavy (non-hydrogen) atoms. The summed E-state index contributed by atoms with van der Waals surface area (Å²) in [4.78, 5) is 13.7. The number of carbonyl (C=O) groups excluding carboxylic acids is 1. The minimum atomic E-state index is -4.67. The molecule has 2 aromatic carbocycles. The highest BCUT2D eigenvalue weighted by Gasteiger charge is 2.37. The molecule has 13 heteroatoms. The molecule has 242 valence electrons. The molecule has 5 atom stereocenters. The van der Waals surface area contributed by atoms with E-state index in [1.54, 1.807) is 19.3 Å². The molecule has 2 bridgehead atoms. The van der Waals surface area contributed by atoms with Crippen LogP contribution >= 0.6 is 0 Å². The molecule has 2 aromatic rings. The Bertz CT molecular complexity index is 1390. The average Bonchev–Trinajstić information content (AvgIpc) is 3.34. The molecule has 0 spiro atoms. The van der Waals surface area contributed by atoms with Gasteiger partial charge in [0, 0.05) is 19.6 Å². The van der Waals surface area contributed by atoms with Crippen LogP contribution in [0.4, 0.5) is 13.2 Å². The molecule has 0 saturated carbocycles. The quantitative estimate of drug-likeness (QED) is 0.395. The number of nitrogens with one attached hydrogen (secondary N) is 2. The number of fused-ring (bicyclic) bond motifs is 5. The minimum Gasteiger partial charge on any atom is -0.497 e. The maximum Gasteiger partial charge on any atom is 0.390 e. The van der Waals surface area contributed by atoms with E-state index >= 15 is 0 Å². The van der Waals surface area contributed by atoms with Crippen LogP contribution in [0, 0.1) is 0 Å². The number of β-amino-alcohol motifs (C(OH)–C–C–N with tert-alkyl or cyclic N) is 1. The normalized spacial score (nSPS) is 25.4. The summed E-state index contributed by atoms with van der Waals surface area (Å²) in [5, 5.41) is 17.6. The zero-order valence-corrected chi connectivity index (χ0v) is 25.6. The van der Waals surface area contributed by atoms with Gasteiger partial charge in [-0.3, -0.25) is 4.79 Å². The molecular formula is C31H40F3N3O6S. The largest absolute Gasteiger partial charge is 0.497 e. The van der Waals surface area contributed by atoms with Gasteiger partial charge in [-0.15, -0.1) is 0 Å². The molecule has 3 N–H and O–H groups in total. The molecular weight excluding hydrogens is 599 g/mol. The fraction of sp³-hybridized carbons (Fsp3) is 0.516. The fourth-order valence-corrected chi connectivity index (χ4v) is 6.97. The van der Waals surface area contributed by atoms with Crippen LogP contribution in [0.5, 0.6) is 5.75 Å². The summed E-state index contributed by atoms with van der Waals surface area (Å²) in [6, 6.07) is 12.7.